The van der Waals surface area contributed by atoms with Crippen molar-refractivity contribution in [1.29, 1.82) is 0 Å². The molecule has 0 aromatic rings. The molecule has 80 valence electrons. The molecule has 1 saturated carbocycles. The van der Waals surface area contributed by atoms with E-state index < -0.39 is 12.1 Å². The minimum absolute atomic E-state index is 0.0875. The van der Waals surface area contributed by atoms with E-state index in [0.717, 1.165) is 12.8 Å². The zero-order valence-electron chi connectivity index (χ0n) is 8.29. The molecule has 2 fully saturated rings. The van der Waals surface area contributed by atoms with Crippen molar-refractivity contribution in [3.63, 3.8) is 0 Å². The van der Waals surface area contributed by atoms with Crippen molar-refractivity contribution in [2.75, 3.05) is 13.2 Å². The first kappa shape index (κ1) is 9.93. The molecule has 4 heteroatoms. The van der Waals surface area contributed by atoms with Gasteiger partial charge in [-0.25, -0.2) is 4.79 Å². The van der Waals surface area contributed by atoms with Gasteiger partial charge < -0.3 is 15.2 Å². The molecule has 2 rings (SSSR count). The number of carbonyl (C=O) groups is 1. The van der Waals surface area contributed by atoms with Gasteiger partial charge in [0.15, 0.2) is 6.10 Å². The van der Waals surface area contributed by atoms with Crippen molar-refractivity contribution in [3.8, 4) is 0 Å². The van der Waals surface area contributed by atoms with Crippen molar-refractivity contribution in [2.24, 2.45) is 0 Å². The molecule has 0 aromatic heterocycles. The molecule has 1 saturated heterocycles. The zero-order valence-corrected chi connectivity index (χ0v) is 8.29. The molecule has 14 heavy (non-hydrogen) atoms. The Kier molecular flexibility index (Phi) is 2.74. The molecule has 2 aliphatic rings. The van der Waals surface area contributed by atoms with Gasteiger partial charge in [-0.05, 0) is 12.8 Å². The standard InChI is InChI=1S/C10H17NO3/c12-9(13)8-6-11-10(7-14-8)4-2-1-3-5-10/h8,11H,1-7H2,(H,12,13). The third-order valence-electron chi connectivity index (χ3n) is 3.31. The van der Waals surface area contributed by atoms with E-state index in [1.807, 2.05) is 0 Å². The minimum Gasteiger partial charge on any atom is -0.479 e. The summed E-state index contributed by atoms with van der Waals surface area (Å²) in [5.41, 5.74) is 0.0875. The third-order valence-corrected chi connectivity index (χ3v) is 3.31. The summed E-state index contributed by atoms with van der Waals surface area (Å²) in [5, 5.41) is 12.1. The molecule has 0 amide bonds. The van der Waals surface area contributed by atoms with Crippen LogP contribution in [0, 0.1) is 0 Å². The van der Waals surface area contributed by atoms with E-state index in [9.17, 15) is 4.79 Å². The maximum absolute atomic E-state index is 10.7. The lowest BCUT2D eigenvalue weighted by molar-refractivity contribution is -0.156. The van der Waals surface area contributed by atoms with Crippen LogP contribution in [0.1, 0.15) is 32.1 Å². The summed E-state index contributed by atoms with van der Waals surface area (Å²) < 4.78 is 5.37. The van der Waals surface area contributed by atoms with Crippen LogP contribution in [0.4, 0.5) is 0 Å². The number of carboxylic acids is 1. The van der Waals surface area contributed by atoms with E-state index in [0.29, 0.717) is 13.2 Å². The van der Waals surface area contributed by atoms with Crippen LogP contribution in [0.3, 0.4) is 0 Å². The Bertz CT molecular complexity index is 213. The molecule has 1 atom stereocenters. The van der Waals surface area contributed by atoms with Crippen LogP contribution in [0.15, 0.2) is 0 Å². The first-order valence-electron chi connectivity index (χ1n) is 5.31. The topological polar surface area (TPSA) is 58.6 Å². The lowest BCUT2D eigenvalue weighted by atomic mass is 9.81. The monoisotopic (exact) mass is 199 g/mol. The summed E-state index contributed by atoms with van der Waals surface area (Å²) in [7, 11) is 0. The average molecular weight is 199 g/mol. The fraction of sp³-hybridized carbons (Fsp3) is 0.900. The molecule has 0 aromatic carbocycles. The van der Waals surface area contributed by atoms with E-state index in [2.05, 4.69) is 5.32 Å². The molecule has 1 aliphatic carbocycles. The maximum Gasteiger partial charge on any atom is 0.334 e. The van der Waals surface area contributed by atoms with Gasteiger partial charge >= 0.3 is 5.97 Å². The van der Waals surface area contributed by atoms with Crippen molar-refractivity contribution in [2.45, 2.75) is 43.7 Å². The van der Waals surface area contributed by atoms with Crippen molar-refractivity contribution in [3.05, 3.63) is 0 Å². The second-order valence-electron chi connectivity index (χ2n) is 4.36. The Morgan fingerprint density at radius 3 is 2.57 bits per heavy atom. The van der Waals surface area contributed by atoms with Crippen LogP contribution < -0.4 is 5.32 Å². The van der Waals surface area contributed by atoms with Crippen LogP contribution in [-0.2, 0) is 9.53 Å². The molecule has 1 heterocycles. The van der Waals surface area contributed by atoms with E-state index in [1.54, 1.807) is 0 Å². The van der Waals surface area contributed by atoms with Gasteiger partial charge in [-0.15, -0.1) is 0 Å². The normalized spacial score (nSPS) is 31.6. The molecular weight excluding hydrogens is 182 g/mol. The van der Waals surface area contributed by atoms with Gasteiger partial charge in [-0.3, -0.25) is 0 Å². The van der Waals surface area contributed by atoms with Gasteiger partial charge in [0, 0.05) is 12.1 Å². The smallest absolute Gasteiger partial charge is 0.334 e. The number of morpholine rings is 1. The first-order valence-corrected chi connectivity index (χ1v) is 5.31. The molecule has 1 spiro atoms. The van der Waals surface area contributed by atoms with Crippen molar-refractivity contribution in [1.82, 2.24) is 5.32 Å². The second-order valence-corrected chi connectivity index (χ2v) is 4.36. The summed E-state index contributed by atoms with van der Waals surface area (Å²) in [6.45, 7) is 1.01. The predicted octanol–water partition coefficient (Wildman–Crippen LogP) is 0.762. The highest BCUT2D eigenvalue weighted by atomic mass is 16.5. The Morgan fingerprint density at radius 2 is 2.07 bits per heavy atom. The minimum atomic E-state index is -0.858. The molecule has 1 aliphatic heterocycles. The molecular formula is C10H17NO3. The number of hydrogen-bond acceptors (Lipinski definition) is 3. The van der Waals surface area contributed by atoms with Gasteiger partial charge in [0.1, 0.15) is 0 Å². The summed E-state index contributed by atoms with van der Waals surface area (Å²) in [5.74, 6) is -0.858. The van der Waals surface area contributed by atoms with E-state index in [4.69, 9.17) is 9.84 Å². The molecule has 4 nitrogen and oxygen atoms in total. The fourth-order valence-corrected chi connectivity index (χ4v) is 2.39. The number of hydrogen-bond donors (Lipinski definition) is 2. The highest BCUT2D eigenvalue weighted by Crippen LogP contribution is 2.30. The SMILES string of the molecule is O=C(O)C1CNC2(CCCCC2)CO1. The Balaban J connectivity index is 1.90. The number of rotatable bonds is 1. The number of nitrogens with one attached hydrogen (secondary N) is 1. The zero-order chi connectivity index (χ0) is 10.0. The van der Waals surface area contributed by atoms with Crippen molar-refractivity contribution >= 4 is 5.97 Å². The second kappa shape index (κ2) is 3.87. The van der Waals surface area contributed by atoms with Crippen LogP contribution >= 0.6 is 0 Å². The lowest BCUT2D eigenvalue weighted by Crippen LogP contribution is -2.59. The summed E-state index contributed by atoms with van der Waals surface area (Å²) in [6.07, 6.45) is 5.36. The lowest BCUT2D eigenvalue weighted by Gasteiger charge is -2.42. The largest absolute Gasteiger partial charge is 0.479 e. The van der Waals surface area contributed by atoms with E-state index in [-0.39, 0.29) is 5.54 Å². The Morgan fingerprint density at radius 1 is 1.36 bits per heavy atom. The van der Waals surface area contributed by atoms with Gasteiger partial charge in [-0.2, -0.15) is 0 Å². The van der Waals surface area contributed by atoms with Crippen LogP contribution in [-0.4, -0.2) is 35.9 Å². The van der Waals surface area contributed by atoms with E-state index >= 15 is 0 Å². The highest BCUT2D eigenvalue weighted by Gasteiger charge is 2.38. The molecule has 0 radical (unpaired) electrons. The first-order chi connectivity index (χ1) is 6.72. The quantitative estimate of drug-likeness (QED) is 0.654. The van der Waals surface area contributed by atoms with Gasteiger partial charge in [-0.1, -0.05) is 19.3 Å². The van der Waals surface area contributed by atoms with Crippen molar-refractivity contribution < 1.29 is 14.6 Å². The molecule has 0 bridgehead atoms. The van der Waals surface area contributed by atoms with Crippen LogP contribution in [0.5, 0.6) is 0 Å². The molecule has 1 unspecified atom stereocenters. The summed E-state index contributed by atoms with van der Waals surface area (Å²) in [6, 6.07) is 0. The van der Waals surface area contributed by atoms with Gasteiger partial charge in [0.25, 0.3) is 0 Å². The van der Waals surface area contributed by atoms with E-state index in [1.165, 1.54) is 19.3 Å². The highest BCUT2D eigenvalue weighted by molar-refractivity contribution is 5.72. The van der Waals surface area contributed by atoms with Crippen LogP contribution in [0.25, 0.3) is 0 Å². The number of aliphatic carboxylic acids is 1. The van der Waals surface area contributed by atoms with Gasteiger partial charge in [0.2, 0.25) is 0 Å². The Labute approximate surface area is 83.6 Å². The average Bonchev–Trinajstić information content (AvgIpc) is 2.19. The summed E-state index contributed by atoms with van der Waals surface area (Å²) in [4.78, 5) is 10.7. The van der Waals surface area contributed by atoms with Crippen LogP contribution in [0.2, 0.25) is 0 Å². The maximum atomic E-state index is 10.7. The molecule has 2 N–H and O–H groups in total. The Hall–Kier alpha value is -0.610. The number of carboxylic acid groups (broad SMARTS) is 1. The third kappa shape index (κ3) is 1.91. The number of ether oxygens (including phenoxy) is 1. The van der Waals surface area contributed by atoms with Gasteiger partial charge in [0.05, 0.1) is 6.61 Å². The predicted molar refractivity (Wildman–Crippen MR) is 51.2 cm³/mol. The fourth-order valence-electron chi connectivity index (χ4n) is 2.39. The summed E-state index contributed by atoms with van der Waals surface area (Å²) >= 11 is 0.